The van der Waals surface area contributed by atoms with E-state index in [9.17, 15) is 0 Å². The standard InChI is InChI=1S/C60H53N5/c1-42-13-32-58(63-41-42)52-30-31-56(57(40-52)49-28-26-48(27-29-49)47-9-5-4-6-10-47)55-12-8-7-11-54(55)53-38-45(16-14-43-18-22-50(23-19-43)59-61-33-35-64(59)2)37-46(39-53)17-15-44-20-24-51(25-21-44)60-62-34-36-65(60)3/h4-13,18-41,59,61H,14-17H2,1-3H3/i1D3,2D3,3D3. The first kappa shape index (κ1) is 32.0. The number of nitrogens with zero attached hydrogens (tertiary/aromatic N) is 4. The van der Waals surface area contributed by atoms with Gasteiger partial charge in [-0.3, -0.25) is 4.98 Å². The minimum Gasteiger partial charge on any atom is -0.366 e. The molecule has 9 aromatic rings. The number of hydrogen-bond donors (Lipinski definition) is 1. The molecule has 0 spiro atoms. The first-order valence-electron chi connectivity index (χ1n) is 26.5. The monoisotopic (exact) mass is 852 g/mol. The van der Waals surface area contributed by atoms with E-state index in [1.54, 1.807) is 24.5 Å². The highest BCUT2D eigenvalue weighted by atomic mass is 15.3. The number of rotatable bonds is 13. The second-order valence-corrected chi connectivity index (χ2v) is 16.6. The summed E-state index contributed by atoms with van der Waals surface area (Å²) < 4.78 is 72.7. The second kappa shape index (κ2) is 18.5. The van der Waals surface area contributed by atoms with Gasteiger partial charge in [0.25, 0.3) is 0 Å². The van der Waals surface area contributed by atoms with Crippen molar-refractivity contribution in [2.45, 2.75) is 38.7 Å². The Balaban J connectivity index is 1.01. The van der Waals surface area contributed by atoms with Gasteiger partial charge in [0.15, 0.2) is 0 Å². The summed E-state index contributed by atoms with van der Waals surface area (Å²) in [5, 5.41) is 3.17. The molecule has 10 rings (SSSR count). The van der Waals surface area contributed by atoms with E-state index in [1.165, 1.54) is 39.2 Å². The van der Waals surface area contributed by atoms with E-state index in [2.05, 4.69) is 124 Å². The SMILES string of the molecule is [2H]C([2H])([2H])c1ccc(-c2ccc(-c3ccccc3-c3cc(CCc4ccc(-c5nccn5C([2H])([2H])[2H])cc4)cc(CCc4ccc(C5NC=CN5C([2H])([2H])[2H])cc4)c3)c(-c3ccc(-c4ccccc4)cc3)c2)nc1. The Kier molecular flexibility index (Phi) is 9.12. The molecular formula is C60H53N5. The molecule has 7 aromatic carbocycles. The van der Waals surface area contributed by atoms with Crippen LogP contribution >= 0.6 is 0 Å². The van der Waals surface area contributed by atoms with E-state index in [-0.39, 0.29) is 5.56 Å². The zero-order chi connectivity index (χ0) is 51.6. The topological polar surface area (TPSA) is 46.0 Å². The van der Waals surface area contributed by atoms with Crippen LogP contribution in [0.15, 0.2) is 207 Å². The van der Waals surface area contributed by atoms with Gasteiger partial charge in [0, 0.05) is 68.4 Å². The van der Waals surface area contributed by atoms with Crippen molar-refractivity contribution in [3.63, 3.8) is 0 Å². The minimum atomic E-state index is -2.34. The fourth-order valence-electron chi connectivity index (χ4n) is 8.81. The van der Waals surface area contributed by atoms with Gasteiger partial charge < -0.3 is 14.8 Å². The van der Waals surface area contributed by atoms with Crippen molar-refractivity contribution in [3.8, 4) is 67.2 Å². The van der Waals surface area contributed by atoms with Crippen molar-refractivity contribution in [1.82, 2.24) is 24.8 Å². The number of benzene rings is 7. The Morgan fingerprint density at radius 2 is 1.15 bits per heavy atom. The fourth-order valence-corrected chi connectivity index (χ4v) is 8.81. The van der Waals surface area contributed by atoms with Gasteiger partial charge >= 0.3 is 0 Å². The lowest BCUT2D eigenvalue weighted by atomic mass is 9.86. The van der Waals surface area contributed by atoms with Gasteiger partial charge in [0.2, 0.25) is 0 Å². The highest BCUT2D eigenvalue weighted by molar-refractivity contribution is 5.93. The average molecular weight is 853 g/mol. The molecule has 1 aliphatic rings. The summed E-state index contributed by atoms with van der Waals surface area (Å²) in [6, 6.07) is 60.1. The Labute approximate surface area is 396 Å². The number of imidazole rings is 1. The molecule has 0 fully saturated rings. The molecule has 65 heavy (non-hydrogen) atoms. The maximum absolute atomic E-state index is 7.99. The Morgan fingerprint density at radius 3 is 1.86 bits per heavy atom. The smallest absolute Gasteiger partial charge is 0.139 e. The zero-order valence-corrected chi connectivity index (χ0v) is 35.8. The van der Waals surface area contributed by atoms with Crippen molar-refractivity contribution in [1.29, 1.82) is 0 Å². The van der Waals surface area contributed by atoms with E-state index in [1.807, 2.05) is 54.6 Å². The molecule has 318 valence electrons. The van der Waals surface area contributed by atoms with Gasteiger partial charge in [-0.25, -0.2) is 4.98 Å². The molecular weight excluding hydrogens is 791 g/mol. The second-order valence-electron chi connectivity index (χ2n) is 16.6. The molecule has 1 aliphatic heterocycles. The molecule has 0 saturated carbocycles. The molecule has 0 amide bonds. The molecule has 0 saturated heterocycles. The molecule has 3 heterocycles. The van der Waals surface area contributed by atoms with Crippen LogP contribution in [0.2, 0.25) is 0 Å². The number of aromatic nitrogens is 3. The summed E-state index contributed by atoms with van der Waals surface area (Å²) in [7, 11) is 0. The molecule has 1 atom stereocenters. The lowest BCUT2D eigenvalue weighted by Crippen LogP contribution is -2.23. The van der Waals surface area contributed by atoms with Crippen LogP contribution in [0, 0.1) is 6.85 Å². The lowest BCUT2D eigenvalue weighted by Gasteiger charge is -2.21. The molecule has 2 aromatic heterocycles. The first-order valence-corrected chi connectivity index (χ1v) is 22.0. The van der Waals surface area contributed by atoms with Gasteiger partial charge in [0.05, 0.1) is 5.69 Å². The van der Waals surface area contributed by atoms with Gasteiger partial charge in [-0.2, -0.15) is 0 Å². The third-order valence-corrected chi connectivity index (χ3v) is 12.3. The Morgan fingerprint density at radius 1 is 0.508 bits per heavy atom. The molecule has 0 aliphatic carbocycles. The highest BCUT2D eigenvalue weighted by Gasteiger charge is 2.18. The molecule has 1 unspecified atom stereocenters. The van der Waals surface area contributed by atoms with Crippen LogP contribution in [-0.4, -0.2) is 26.4 Å². The van der Waals surface area contributed by atoms with Crippen LogP contribution in [0.3, 0.4) is 0 Å². The van der Waals surface area contributed by atoms with Gasteiger partial charge in [-0.15, -0.1) is 0 Å². The maximum atomic E-state index is 7.99. The quantitative estimate of drug-likeness (QED) is 0.126. The highest BCUT2D eigenvalue weighted by Crippen LogP contribution is 2.41. The lowest BCUT2D eigenvalue weighted by molar-refractivity contribution is 0.340. The number of nitrogens with one attached hydrogen (secondary N) is 1. The molecule has 0 bridgehead atoms. The van der Waals surface area contributed by atoms with Crippen molar-refractivity contribution in [2.24, 2.45) is 6.98 Å². The van der Waals surface area contributed by atoms with Crippen molar-refractivity contribution < 1.29 is 12.3 Å². The third kappa shape index (κ3) is 9.18. The van der Waals surface area contributed by atoms with E-state index in [0.717, 1.165) is 98.0 Å². The summed E-state index contributed by atoms with van der Waals surface area (Å²) in [6.07, 6.45) is 10.2. The first-order chi connectivity index (χ1) is 35.5. The summed E-state index contributed by atoms with van der Waals surface area (Å²) in [6.45, 7) is -6.86. The minimum absolute atomic E-state index is 0.191. The van der Waals surface area contributed by atoms with Crippen LogP contribution < -0.4 is 5.32 Å². The van der Waals surface area contributed by atoms with Crippen molar-refractivity contribution in [3.05, 3.63) is 240 Å². The maximum Gasteiger partial charge on any atom is 0.139 e. The van der Waals surface area contributed by atoms with Crippen LogP contribution in [0.1, 0.15) is 51.9 Å². The third-order valence-electron chi connectivity index (χ3n) is 12.3. The molecule has 0 radical (unpaired) electrons. The van der Waals surface area contributed by atoms with Crippen LogP contribution in [0.5, 0.6) is 0 Å². The van der Waals surface area contributed by atoms with Crippen LogP contribution in [0.4, 0.5) is 0 Å². The average Bonchev–Trinajstić information content (AvgIpc) is 4.13. The summed E-state index contributed by atoms with van der Waals surface area (Å²) in [5.41, 5.74) is 16.4. The van der Waals surface area contributed by atoms with E-state index in [4.69, 9.17) is 12.3 Å². The van der Waals surface area contributed by atoms with Crippen LogP contribution in [-0.2, 0) is 32.7 Å². The molecule has 5 nitrogen and oxygen atoms in total. The van der Waals surface area contributed by atoms with E-state index < -0.39 is 27.0 Å². The predicted octanol–water partition coefficient (Wildman–Crippen LogP) is 13.7. The molecule has 5 heteroatoms. The van der Waals surface area contributed by atoms with Crippen molar-refractivity contribution >= 4 is 0 Å². The van der Waals surface area contributed by atoms with E-state index in [0.29, 0.717) is 11.5 Å². The summed E-state index contributed by atoms with van der Waals surface area (Å²) >= 11 is 0. The Hall–Kier alpha value is -7.76. The van der Waals surface area contributed by atoms with E-state index >= 15 is 0 Å². The number of hydrogen-bond acceptors (Lipinski definition) is 4. The number of aryl methyl sites for hydroxylation is 6. The van der Waals surface area contributed by atoms with Crippen molar-refractivity contribution in [2.75, 3.05) is 6.98 Å². The normalized spacial score (nSPS) is 15.9. The van der Waals surface area contributed by atoms with Gasteiger partial charge in [-0.05, 0) is 123 Å². The summed E-state index contributed by atoms with van der Waals surface area (Å²) in [4.78, 5) is 10.3. The zero-order valence-electron chi connectivity index (χ0n) is 44.8. The Bertz CT molecular complexity index is 3420. The largest absolute Gasteiger partial charge is 0.366 e. The summed E-state index contributed by atoms with van der Waals surface area (Å²) in [5.74, 6) is 0.398. The van der Waals surface area contributed by atoms with Gasteiger partial charge in [0.1, 0.15) is 12.0 Å². The molecule has 1 N–H and O–H groups in total. The van der Waals surface area contributed by atoms with Gasteiger partial charge in [-0.1, -0.05) is 164 Å². The predicted molar refractivity (Wildman–Crippen MR) is 269 cm³/mol. The number of pyridine rings is 1. The fraction of sp³-hybridized carbons (Fsp3) is 0.133. The van der Waals surface area contributed by atoms with Crippen LogP contribution in [0.25, 0.3) is 67.2 Å².